The highest BCUT2D eigenvalue weighted by Gasteiger charge is 2.22. The second kappa shape index (κ2) is 4.10. The molecular weight excluding hydrogens is 262 g/mol. The van der Waals surface area contributed by atoms with Crippen LogP contribution in [0.3, 0.4) is 0 Å². The van der Waals surface area contributed by atoms with Gasteiger partial charge in [0.05, 0.1) is 4.90 Å². The summed E-state index contributed by atoms with van der Waals surface area (Å²) < 4.78 is 26.2. The monoisotopic (exact) mass is 273 g/mol. The van der Waals surface area contributed by atoms with Gasteiger partial charge in [0.2, 0.25) is 0 Å². The van der Waals surface area contributed by atoms with Crippen LogP contribution in [0.4, 0.5) is 5.82 Å². The molecule has 6 heteroatoms. The predicted molar refractivity (Wildman–Crippen MR) is 73.2 cm³/mol. The van der Waals surface area contributed by atoms with Gasteiger partial charge >= 0.3 is 0 Å². The highest BCUT2D eigenvalue weighted by Crippen LogP contribution is 2.25. The summed E-state index contributed by atoms with van der Waals surface area (Å²) in [6, 6.07) is 13.3. The van der Waals surface area contributed by atoms with Crippen LogP contribution in [0.15, 0.2) is 59.6 Å². The van der Waals surface area contributed by atoms with Crippen molar-refractivity contribution in [2.45, 2.75) is 4.90 Å². The SMILES string of the molecule is Nc1cc2cccnc2n1S(=O)(=O)c1ccccc1. The van der Waals surface area contributed by atoms with Gasteiger partial charge in [-0.2, -0.15) is 0 Å². The largest absolute Gasteiger partial charge is 0.384 e. The number of pyridine rings is 1. The number of hydrogen-bond acceptors (Lipinski definition) is 4. The maximum Gasteiger partial charge on any atom is 0.271 e. The minimum atomic E-state index is -3.72. The molecule has 3 aromatic rings. The molecule has 3 rings (SSSR count). The molecule has 0 aliphatic heterocycles. The number of nitrogens with two attached hydrogens (primary N) is 1. The van der Waals surface area contributed by atoms with Crippen LogP contribution in [0.5, 0.6) is 0 Å². The van der Waals surface area contributed by atoms with Gasteiger partial charge in [0.25, 0.3) is 10.0 Å². The number of rotatable bonds is 2. The van der Waals surface area contributed by atoms with Crippen LogP contribution in [-0.2, 0) is 10.0 Å². The molecule has 2 N–H and O–H groups in total. The molecule has 0 bridgehead atoms. The van der Waals surface area contributed by atoms with Crippen LogP contribution >= 0.6 is 0 Å². The molecule has 96 valence electrons. The summed E-state index contributed by atoms with van der Waals surface area (Å²) in [4.78, 5) is 4.28. The molecular formula is C13H11N3O2S. The number of aromatic nitrogens is 2. The van der Waals surface area contributed by atoms with Crippen LogP contribution in [-0.4, -0.2) is 17.4 Å². The third-order valence-corrected chi connectivity index (χ3v) is 4.56. The van der Waals surface area contributed by atoms with E-state index in [2.05, 4.69) is 4.98 Å². The lowest BCUT2D eigenvalue weighted by Crippen LogP contribution is -2.15. The molecule has 0 amide bonds. The van der Waals surface area contributed by atoms with Gasteiger partial charge in [-0.15, -0.1) is 0 Å². The van der Waals surface area contributed by atoms with E-state index < -0.39 is 10.0 Å². The summed E-state index contributed by atoms with van der Waals surface area (Å²) in [6.07, 6.45) is 1.54. The van der Waals surface area contributed by atoms with Gasteiger partial charge in [-0.25, -0.2) is 17.4 Å². The van der Waals surface area contributed by atoms with E-state index in [9.17, 15) is 8.42 Å². The maximum atomic E-state index is 12.6. The van der Waals surface area contributed by atoms with Gasteiger partial charge in [0, 0.05) is 11.6 Å². The minimum absolute atomic E-state index is 0.151. The highest BCUT2D eigenvalue weighted by atomic mass is 32.2. The van der Waals surface area contributed by atoms with Crippen molar-refractivity contribution in [1.29, 1.82) is 0 Å². The third-order valence-electron chi connectivity index (χ3n) is 2.83. The van der Waals surface area contributed by atoms with E-state index in [1.165, 1.54) is 12.1 Å². The molecule has 0 fully saturated rings. The average molecular weight is 273 g/mol. The fourth-order valence-electron chi connectivity index (χ4n) is 1.98. The lowest BCUT2D eigenvalue weighted by atomic mass is 10.3. The Kier molecular flexibility index (Phi) is 2.53. The fourth-order valence-corrected chi connectivity index (χ4v) is 3.40. The number of nitrogens with zero attached hydrogens (tertiary/aromatic N) is 2. The Balaban J connectivity index is 2.34. The normalized spacial score (nSPS) is 11.8. The van der Waals surface area contributed by atoms with Gasteiger partial charge < -0.3 is 5.73 Å². The molecule has 0 unspecified atom stereocenters. The fraction of sp³-hybridized carbons (Fsp3) is 0. The topological polar surface area (TPSA) is 78.0 Å². The summed E-state index contributed by atoms with van der Waals surface area (Å²) >= 11 is 0. The van der Waals surface area contributed by atoms with Crippen molar-refractivity contribution in [1.82, 2.24) is 8.96 Å². The van der Waals surface area contributed by atoms with Crippen LogP contribution in [0.1, 0.15) is 0 Å². The first-order chi connectivity index (χ1) is 9.10. The van der Waals surface area contributed by atoms with Crippen LogP contribution < -0.4 is 5.73 Å². The lowest BCUT2D eigenvalue weighted by Gasteiger charge is -2.08. The first-order valence-electron chi connectivity index (χ1n) is 5.63. The van der Waals surface area contributed by atoms with Crippen molar-refractivity contribution in [2.75, 3.05) is 5.73 Å². The number of fused-ring (bicyclic) bond motifs is 1. The highest BCUT2D eigenvalue weighted by molar-refractivity contribution is 7.90. The second-order valence-corrected chi connectivity index (χ2v) is 5.85. The molecule has 2 aromatic heterocycles. The van der Waals surface area contributed by atoms with E-state index in [1.807, 2.05) is 0 Å². The van der Waals surface area contributed by atoms with Gasteiger partial charge in [0.15, 0.2) is 5.65 Å². The van der Waals surface area contributed by atoms with Crippen molar-refractivity contribution in [2.24, 2.45) is 0 Å². The first-order valence-corrected chi connectivity index (χ1v) is 7.07. The molecule has 0 saturated heterocycles. The lowest BCUT2D eigenvalue weighted by molar-refractivity contribution is 0.589. The molecule has 5 nitrogen and oxygen atoms in total. The van der Waals surface area contributed by atoms with Crippen molar-refractivity contribution in [3.8, 4) is 0 Å². The predicted octanol–water partition coefficient (Wildman–Crippen LogP) is 1.86. The van der Waals surface area contributed by atoms with Gasteiger partial charge in [-0.1, -0.05) is 18.2 Å². The van der Waals surface area contributed by atoms with Crippen LogP contribution in [0.25, 0.3) is 11.0 Å². The summed E-state index contributed by atoms with van der Waals surface area (Å²) in [5.74, 6) is 0.151. The van der Waals surface area contributed by atoms with Crippen LogP contribution in [0, 0.1) is 0 Å². The van der Waals surface area contributed by atoms with E-state index >= 15 is 0 Å². The van der Waals surface area contributed by atoms with E-state index in [0.29, 0.717) is 11.0 Å². The molecule has 0 aliphatic carbocycles. The molecule has 0 aliphatic rings. The van der Waals surface area contributed by atoms with Crippen molar-refractivity contribution in [3.63, 3.8) is 0 Å². The number of nitrogen functional groups attached to an aromatic ring is 1. The maximum absolute atomic E-state index is 12.6. The molecule has 0 spiro atoms. The zero-order chi connectivity index (χ0) is 13.5. The first kappa shape index (κ1) is 11.7. The van der Waals surface area contributed by atoms with E-state index in [-0.39, 0.29) is 10.7 Å². The Morgan fingerprint density at radius 2 is 1.79 bits per heavy atom. The minimum Gasteiger partial charge on any atom is -0.384 e. The van der Waals surface area contributed by atoms with Crippen molar-refractivity contribution >= 4 is 26.9 Å². The average Bonchev–Trinajstić information content (AvgIpc) is 2.76. The summed E-state index contributed by atoms with van der Waals surface area (Å²) in [6.45, 7) is 0. The van der Waals surface area contributed by atoms with E-state index in [0.717, 1.165) is 3.97 Å². The quantitative estimate of drug-likeness (QED) is 0.773. The van der Waals surface area contributed by atoms with E-state index in [4.69, 9.17) is 5.73 Å². The number of anilines is 1. The molecule has 1 aromatic carbocycles. The van der Waals surface area contributed by atoms with Crippen molar-refractivity contribution < 1.29 is 8.42 Å². The zero-order valence-corrected chi connectivity index (χ0v) is 10.7. The number of benzene rings is 1. The molecule has 0 atom stereocenters. The molecule has 0 saturated carbocycles. The Bertz CT molecular complexity index is 839. The van der Waals surface area contributed by atoms with Gasteiger partial charge in [-0.05, 0) is 30.3 Å². The summed E-state index contributed by atoms with van der Waals surface area (Å²) in [5, 5.41) is 0.694. The van der Waals surface area contributed by atoms with E-state index in [1.54, 1.807) is 42.6 Å². The molecule has 0 radical (unpaired) electrons. The summed E-state index contributed by atoms with van der Waals surface area (Å²) in [7, 11) is -3.72. The second-order valence-electron chi connectivity index (χ2n) is 4.07. The molecule has 19 heavy (non-hydrogen) atoms. The van der Waals surface area contributed by atoms with Gasteiger partial charge in [0.1, 0.15) is 5.82 Å². The number of hydrogen-bond donors (Lipinski definition) is 1. The van der Waals surface area contributed by atoms with Crippen LogP contribution in [0.2, 0.25) is 0 Å². The Morgan fingerprint density at radius 1 is 1.05 bits per heavy atom. The Labute approximate surface area is 110 Å². The standard InChI is InChI=1S/C13H11N3O2S/c14-12-9-10-5-4-8-15-13(10)16(12)19(17,18)11-6-2-1-3-7-11/h1-9H,14H2. The Hall–Kier alpha value is -2.34. The zero-order valence-electron chi connectivity index (χ0n) is 9.89. The summed E-state index contributed by atoms with van der Waals surface area (Å²) in [5.41, 5.74) is 6.16. The third kappa shape index (κ3) is 1.77. The Morgan fingerprint density at radius 3 is 2.53 bits per heavy atom. The smallest absolute Gasteiger partial charge is 0.271 e. The molecule has 2 heterocycles. The van der Waals surface area contributed by atoms with Crippen molar-refractivity contribution in [3.05, 3.63) is 54.7 Å². The van der Waals surface area contributed by atoms with Gasteiger partial charge in [-0.3, -0.25) is 0 Å².